The van der Waals surface area contributed by atoms with Crippen LogP contribution in [0.15, 0.2) is 24.3 Å². The molecule has 0 aromatic heterocycles. The fourth-order valence-electron chi connectivity index (χ4n) is 2.54. The maximum Gasteiger partial charge on any atom is 0.123 e. The second kappa shape index (κ2) is 5.99. The van der Waals surface area contributed by atoms with Gasteiger partial charge in [-0.1, -0.05) is 12.1 Å². The van der Waals surface area contributed by atoms with E-state index in [4.69, 9.17) is 10.5 Å². The molecule has 0 spiro atoms. The molecule has 0 amide bonds. The summed E-state index contributed by atoms with van der Waals surface area (Å²) >= 11 is 0. The molecule has 2 rings (SSSR count). The van der Waals surface area contributed by atoms with E-state index in [1.807, 2.05) is 6.07 Å². The van der Waals surface area contributed by atoms with Crippen LogP contribution in [0.4, 0.5) is 4.39 Å². The number of rotatable bonds is 4. The van der Waals surface area contributed by atoms with Gasteiger partial charge in [0.2, 0.25) is 0 Å². The summed E-state index contributed by atoms with van der Waals surface area (Å²) in [6.45, 7) is 7.64. The van der Waals surface area contributed by atoms with E-state index in [1.165, 1.54) is 6.07 Å². The van der Waals surface area contributed by atoms with Crippen LogP contribution >= 0.6 is 0 Å². The van der Waals surface area contributed by atoms with Gasteiger partial charge in [0.05, 0.1) is 13.2 Å². The quantitative estimate of drug-likeness (QED) is 0.903. The Morgan fingerprint density at radius 1 is 1.37 bits per heavy atom. The molecular formula is C15H23FN2O. The summed E-state index contributed by atoms with van der Waals surface area (Å²) in [6, 6.07) is 6.65. The molecule has 1 unspecified atom stereocenters. The van der Waals surface area contributed by atoms with Crippen molar-refractivity contribution in [2.45, 2.75) is 31.8 Å². The molecule has 1 heterocycles. The minimum absolute atomic E-state index is 0.0348. The van der Waals surface area contributed by atoms with Crippen molar-refractivity contribution in [3.05, 3.63) is 35.6 Å². The largest absolute Gasteiger partial charge is 0.379 e. The van der Waals surface area contributed by atoms with Gasteiger partial charge in [0.1, 0.15) is 5.82 Å². The van der Waals surface area contributed by atoms with Gasteiger partial charge in [0, 0.05) is 24.7 Å². The topological polar surface area (TPSA) is 38.5 Å². The van der Waals surface area contributed by atoms with E-state index >= 15 is 0 Å². The van der Waals surface area contributed by atoms with Crippen molar-refractivity contribution in [3.63, 3.8) is 0 Å². The van der Waals surface area contributed by atoms with Crippen molar-refractivity contribution in [1.29, 1.82) is 0 Å². The molecule has 1 aliphatic rings. The second-order valence-electron chi connectivity index (χ2n) is 5.69. The molecule has 0 radical (unpaired) electrons. The van der Waals surface area contributed by atoms with Crippen LogP contribution in [-0.4, -0.2) is 42.8 Å². The number of nitrogens with zero attached hydrogens (tertiary/aromatic N) is 1. The fourth-order valence-corrected chi connectivity index (χ4v) is 2.54. The van der Waals surface area contributed by atoms with Gasteiger partial charge < -0.3 is 10.5 Å². The molecule has 1 saturated heterocycles. The van der Waals surface area contributed by atoms with Crippen LogP contribution in [0.25, 0.3) is 0 Å². The lowest BCUT2D eigenvalue weighted by Gasteiger charge is -2.44. The van der Waals surface area contributed by atoms with Crippen LogP contribution in [0.2, 0.25) is 0 Å². The van der Waals surface area contributed by atoms with Crippen LogP contribution in [0, 0.1) is 5.82 Å². The minimum atomic E-state index is -0.200. The van der Waals surface area contributed by atoms with Crippen LogP contribution in [0.3, 0.4) is 0 Å². The molecule has 2 N–H and O–H groups in total. The normalized spacial score (nSPS) is 19.4. The Kier molecular flexibility index (Phi) is 4.55. The molecule has 1 fully saturated rings. The summed E-state index contributed by atoms with van der Waals surface area (Å²) in [5.41, 5.74) is 7.20. The van der Waals surface area contributed by atoms with Gasteiger partial charge in [-0.05, 0) is 38.0 Å². The van der Waals surface area contributed by atoms with Crippen LogP contribution in [-0.2, 0) is 11.2 Å². The Bertz CT molecular complexity index is 416. The molecule has 106 valence electrons. The Morgan fingerprint density at radius 3 is 2.68 bits per heavy atom. The summed E-state index contributed by atoms with van der Waals surface area (Å²) in [4.78, 5) is 2.36. The lowest BCUT2D eigenvalue weighted by molar-refractivity contribution is -0.0186. The summed E-state index contributed by atoms with van der Waals surface area (Å²) < 4.78 is 18.6. The Morgan fingerprint density at radius 2 is 2.05 bits per heavy atom. The number of nitrogens with two attached hydrogens (primary N) is 1. The number of benzene rings is 1. The van der Waals surface area contributed by atoms with E-state index in [9.17, 15) is 4.39 Å². The Hall–Kier alpha value is -0.970. The third-order valence-corrected chi connectivity index (χ3v) is 4.08. The van der Waals surface area contributed by atoms with E-state index in [0.717, 1.165) is 31.9 Å². The van der Waals surface area contributed by atoms with Gasteiger partial charge >= 0.3 is 0 Å². The molecule has 1 aromatic rings. The van der Waals surface area contributed by atoms with Crippen LogP contribution < -0.4 is 5.73 Å². The van der Waals surface area contributed by atoms with Gasteiger partial charge in [-0.25, -0.2) is 4.39 Å². The molecule has 3 nitrogen and oxygen atoms in total. The molecule has 0 bridgehead atoms. The standard InChI is InChI=1S/C15H23FN2O/c1-15(2,18-6-8-19-9-7-18)14(17)11-12-4-3-5-13(16)10-12/h3-5,10,14H,6-9,11,17H2,1-2H3. The molecule has 1 atom stereocenters. The number of halogens is 1. The molecule has 0 saturated carbocycles. The number of ether oxygens (including phenoxy) is 1. The highest BCUT2D eigenvalue weighted by Gasteiger charge is 2.34. The van der Waals surface area contributed by atoms with E-state index in [0.29, 0.717) is 6.42 Å². The molecule has 1 aliphatic heterocycles. The van der Waals surface area contributed by atoms with E-state index in [-0.39, 0.29) is 17.4 Å². The molecule has 1 aromatic carbocycles. The highest BCUT2D eigenvalue weighted by atomic mass is 19.1. The molecule has 4 heteroatoms. The monoisotopic (exact) mass is 266 g/mol. The van der Waals surface area contributed by atoms with E-state index in [1.54, 1.807) is 12.1 Å². The van der Waals surface area contributed by atoms with Gasteiger partial charge in [-0.2, -0.15) is 0 Å². The predicted octanol–water partition coefficient (Wildman–Crippen LogP) is 1.81. The third-order valence-electron chi connectivity index (χ3n) is 4.08. The maximum absolute atomic E-state index is 13.2. The summed E-state index contributed by atoms with van der Waals surface area (Å²) in [5, 5.41) is 0. The Balaban J connectivity index is 2.03. The van der Waals surface area contributed by atoms with Crippen molar-refractivity contribution < 1.29 is 9.13 Å². The summed E-state index contributed by atoms with van der Waals surface area (Å²) in [7, 11) is 0. The summed E-state index contributed by atoms with van der Waals surface area (Å²) in [6.07, 6.45) is 0.683. The average Bonchev–Trinajstić information content (AvgIpc) is 2.39. The minimum Gasteiger partial charge on any atom is -0.379 e. The number of morpholine rings is 1. The SMILES string of the molecule is CC(C)(C(N)Cc1cccc(F)c1)N1CCOCC1. The molecule has 19 heavy (non-hydrogen) atoms. The third kappa shape index (κ3) is 3.53. The maximum atomic E-state index is 13.2. The second-order valence-corrected chi connectivity index (χ2v) is 5.69. The fraction of sp³-hybridized carbons (Fsp3) is 0.600. The lowest BCUT2D eigenvalue weighted by atomic mass is 9.88. The first kappa shape index (κ1) is 14.4. The van der Waals surface area contributed by atoms with Crippen molar-refractivity contribution in [2.24, 2.45) is 5.73 Å². The predicted molar refractivity (Wildman–Crippen MR) is 74.6 cm³/mol. The van der Waals surface area contributed by atoms with Crippen LogP contribution in [0.5, 0.6) is 0 Å². The first-order chi connectivity index (χ1) is 9.00. The highest BCUT2D eigenvalue weighted by molar-refractivity contribution is 5.18. The Labute approximate surface area is 114 Å². The van der Waals surface area contributed by atoms with Gasteiger partial charge in [0.15, 0.2) is 0 Å². The van der Waals surface area contributed by atoms with Gasteiger partial charge in [-0.15, -0.1) is 0 Å². The zero-order valence-corrected chi connectivity index (χ0v) is 11.7. The first-order valence-electron chi connectivity index (χ1n) is 6.83. The van der Waals surface area contributed by atoms with Gasteiger partial charge in [0.25, 0.3) is 0 Å². The van der Waals surface area contributed by atoms with Crippen LogP contribution in [0.1, 0.15) is 19.4 Å². The average molecular weight is 266 g/mol. The number of hydrogen-bond donors (Lipinski definition) is 1. The van der Waals surface area contributed by atoms with E-state index < -0.39 is 0 Å². The summed E-state index contributed by atoms with van der Waals surface area (Å²) in [5.74, 6) is -0.200. The van der Waals surface area contributed by atoms with Gasteiger partial charge in [-0.3, -0.25) is 4.90 Å². The highest BCUT2D eigenvalue weighted by Crippen LogP contribution is 2.22. The molecular weight excluding hydrogens is 243 g/mol. The smallest absolute Gasteiger partial charge is 0.123 e. The first-order valence-corrected chi connectivity index (χ1v) is 6.83. The number of hydrogen-bond acceptors (Lipinski definition) is 3. The van der Waals surface area contributed by atoms with E-state index in [2.05, 4.69) is 18.7 Å². The lowest BCUT2D eigenvalue weighted by Crippen LogP contribution is -2.59. The zero-order chi connectivity index (χ0) is 13.9. The zero-order valence-electron chi connectivity index (χ0n) is 11.7. The van der Waals surface area contributed by atoms with Crippen molar-refractivity contribution >= 4 is 0 Å². The molecule has 0 aliphatic carbocycles. The van der Waals surface area contributed by atoms with Crippen molar-refractivity contribution in [3.8, 4) is 0 Å². The van der Waals surface area contributed by atoms with Crippen molar-refractivity contribution in [2.75, 3.05) is 26.3 Å². The van der Waals surface area contributed by atoms with Crippen molar-refractivity contribution in [1.82, 2.24) is 4.90 Å².